The van der Waals surface area contributed by atoms with Crippen LogP contribution in [0.2, 0.25) is 18.1 Å². The van der Waals surface area contributed by atoms with E-state index in [0.717, 1.165) is 6.42 Å². The molecule has 2 amide bonds. The van der Waals surface area contributed by atoms with E-state index in [-0.39, 0.29) is 10.9 Å². The largest absolute Gasteiger partial charge is 0.417 e. The van der Waals surface area contributed by atoms with Crippen LogP contribution in [0.5, 0.6) is 0 Å². The molecule has 22 heavy (non-hydrogen) atoms. The van der Waals surface area contributed by atoms with Gasteiger partial charge in [0.1, 0.15) is 12.1 Å². The van der Waals surface area contributed by atoms with Crippen molar-refractivity contribution in [2.24, 2.45) is 5.73 Å². The normalized spacial score (nSPS) is 20.7. The van der Waals surface area contributed by atoms with Crippen molar-refractivity contribution >= 4 is 20.1 Å². The molecule has 128 valence electrons. The van der Waals surface area contributed by atoms with E-state index in [0.29, 0.717) is 26.1 Å². The van der Waals surface area contributed by atoms with E-state index < -0.39 is 26.4 Å². The van der Waals surface area contributed by atoms with Gasteiger partial charge < -0.3 is 20.2 Å². The van der Waals surface area contributed by atoms with Gasteiger partial charge in [0.25, 0.3) is 0 Å². The fourth-order valence-electron chi connectivity index (χ4n) is 1.98. The Morgan fingerprint density at radius 1 is 1.41 bits per heavy atom. The highest BCUT2D eigenvalue weighted by molar-refractivity contribution is 6.74. The van der Waals surface area contributed by atoms with Crippen LogP contribution in [0.3, 0.4) is 0 Å². The van der Waals surface area contributed by atoms with E-state index in [4.69, 9.17) is 14.9 Å². The molecule has 1 heterocycles. The van der Waals surface area contributed by atoms with Crippen molar-refractivity contribution in [2.45, 2.75) is 70.3 Å². The van der Waals surface area contributed by atoms with Crippen molar-refractivity contribution in [1.82, 2.24) is 5.32 Å². The predicted octanol–water partition coefficient (Wildman–Crippen LogP) is 1.55. The first kappa shape index (κ1) is 19.1. The molecule has 0 bridgehead atoms. The molecular weight excluding hydrogens is 300 g/mol. The first-order valence-electron chi connectivity index (χ1n) is 7.90. The Hall–Kier alpha value is -0.923. The molecular formula is C15H30N2O4Si. The van der Waals surface area contributed by atoms with Crippen LogP contribution in [0.1, 0.15) is 40.0 Å². The lowest BCUT2D eigenvalue weighted by molar-refractivity contribution is -0.134. The molecule has 0 spiro atoms. The molecule has 0 aliphatic carbocycles. The second-order valence-corrected chi connectivity index (χ2v) is 12.2. The van der Waals surface area contributed by atoms with E-state index in [1.807, 2.05) is 0 Å². The highest BCUT2D eigenvalue weighted by Crippen LogP contribution is 2.36. The molecule has 1 fully saturated rings. The Balaban J connectivity index is 2.48. The van der Waals surface area contributed by atoms with Crippen molar-refractivity contribution in [3.8, 4) is 0 Å². The Kier molecular flexibility index (Phi) is 6.58. The molecule has 0 aromatic heterocycles. The average Bonchev–Trinajstić information content (AvgIpc) is 2.89. The molecule has 1 aliphatic rings. The second-order valence-electron chi connectivity index (χ2n) is 7.36. The number of hydrogen-bond donors (Lipinski definition) is 2. The first-order chi connectivity index (χ1) is 10.0. The number of amides is 2. The van der Waals surface area contributed by atoms with E-state index in [1.54, 1.807) is 0 Å². The summed E-state index contributed by atoms with van der Waals surface area (Å²) in [5, 5.41) is 2.79. The standard InChI is InChI=1S/C15H30N2O4Si/c1-15(2,3)22(4,5)21-10-8-11(13(16)18)17-14(19)12-7-6-9-20-12/h11-12H,6-10H2,1-5H3,(H2,16,18)(H,17,19)/t11-,12+/m0/s1. The van der Waals surface area contributed by atoms with Crippen molar-refractivity contribution in [2.75, 3.05) is 13.2 Å². The lowest BCUT2D eigenvalue weighted by Gasteiger charge is -2.36. The third kappa shape index (κ3) is 5.37. The minimum absolute atomic E-state index is 0.107. The monoisotopic (exact) mass is 330 g/mol. The quantitative estimate of drug-likeness (QED) is 0.693. The summed E-state index contributed by atoms with van der Waals surface area (Å²) < 4.78 is 11.3. The Morgan fingerprint density at radius 2 is 2.05 bits per heavy atom. The number of nitrogens with one attached hydrogen (secondary N) is 1. The van der Waals surface area contributed by atoms with Crippen LogP contribution in [0.4, 0.5) is 0 Å². The fourth-order valence-corrected chi connectivity index (χ4v) is 3.04. The maximum atomic E-state index is 12.0. The molecule has 1 aliphatic heterocycles. The van der Waals surface area contributed by atoms with Crippen LogP contribution in [-0.2, 0) is 18.8 Å². The summed E-state index contributed by atoms with van der Waals surface area (Å²) in [7, 11) is -1.86. The van der Waals surface area contributed by atoms with Gasteiger partial charge in [-0.2, -0.15) is 0 Å². The summed E-state index contributed by atoms with van der Waals surface area (Å²) in [5.74, 6) is -0.793. The topological polar surface area (TPSA) is 90.7 Å². The van der Waals surface area contributed by atoms with Crippen molar-refractivity contribution < 1.29 is 18.8 Å². The molecule has 0 radical (unpaired) electrons. The summed E-state index contributed by atoms with van der Waals surface area (Å²) in [4.78, 5) is 23.5. The predicted molar refractivity (Wildman–Crippen MR) is 87.9 cm³/mol. The van der Waals surface area contributed by atoms with Gasteiger partial charge in [-0.1, -0.05) is 20.8 Å². The zero-order chi connectivity index (χ0) is 17.0. The summed E-state index contributed by atoms with van der Waals surface area (Å²) >= 11 is 0. The van der Waals surface area contributed by atoms with Crippen LogP contribution in [0, 0.1) is 0 Å². The van der Waals surface area contributed by atoms with Crippen LogP contribution in [0.15, 0.2) is 0 Å². The molecule has 7 heteroatoms. The van der Waals surface area contributed by atoms with Gasteiger partial charge in [-0.05, 0) is 37.4 Å². The number of primary amides is 1. The van der Waals surface area contributed by atoms with Crippen LogP contribution in [0.25, 0.3) is 0 Å². The van der Waals surface area contributed by atoms with E-state index >= 15 is 0 Å². The maximum absolute atomic E-state index is 12.0. The number of carbonyl (C=O) groups excluding carboxylic acids is 2. The van der Waals surface area contributed by atoms with E-state index in [1.165, 1.54) is 0 Å². The van der Waals surface area contributed by atoms with Gasteiger partial charge in [-0.25, -0.2) is 0 Å². The summed E-state index contributed by atoms with van der Waals surface area (Å²) in [6, 6.07) is -0.707. The van der Waals surface area contributed by atoms with Crippen LogP contribution < -0.4 is 11.1 Å². The molecule has 1 saturated heterocycles. The fraction of sp³-hybridized carbons (Fsp3) is 0.867. The van der Waals surface area contributed by atoms with Gasteiger partial charge in [-0.15, -0.1) is 0 Å². The Labute approximate surface area is 134 Å². The Bertz CT molecular complexity index is 401. The highest BCUT2D eigenvalue weighted by atomic mass is 28.4. The number of hydrogen-bond acceptors (Lipinski definition) is 4. The van der Waals surface area contributed by atoms with E-state index in [9.17, 15) is 9.59 Å². The molecule has 1 rings (SSSR count). The Morgan fingerprint density at radius 3 is 2.50 bits per heavy atom. The van der Waals surface area contributed by atoms with Crippen molar-refractivity contribution in [1.29, 1.82) is 0 Å². The molecule has 3 N–H and O–H groups in total. The number of rotatable bonds is 7. The number of carbonyl (C=O) groups is 2. The zero-order valence-electron chi connectivity index (χ0n) is 14.4. The van der Waals surface area contributed by atoms with Gasteiger partial charge in [-0.3, -0.25) is 9.59 Å². The van der Waals surface area contributed by atoms with Gasteiger partial charge >= 0.3 is 0 Å². The number of ether oxygens (including phenoxy) is 1. The molecule has 0 aromatic carbocycles. The van der Waals surface area contributed by atoms with Crippen molar-refractivity contribution in [3.05, 3.63) is 0 Å². The summed E-state index contributed by atoms with van der Waals surface area (Å²) in [6.45, 7) is 11.8. The lowest BCUT2D eigenvalue weighted by atomic mass is 10.1. The molecule has 6 nitrogen and oxygen atoms in total. The van der Waals surface area contributed by atoms with Crippen LogP contribution in [-0.4, -0.2) is 45.5 Å². The second kappa shape index (κ2) is 7.57. The molecule has 0 saturated carbocycles. The summed E-state index contributed by atoms with van der Waals surface area (Å²) in [6.07, 6.45) is 1.49. The SMILES string of the molecule is CC(C)(C)[Si](C)(C)OCC[C@H](NC(=O)[C@H]1CCCO1)C(N)=O. The average molecular weight is 331 g/mol. The first-order valence-corrected chi connectivity index (χ1v) is 10.8. The minimum atomic E-state index is -1.86. The van der Waals surface area contributed by atoms with Gasteiger partial charge in [0.15, 0.2) is 8.32 Å². The van der Waals surface area contributed by atoms with E-state index in [2.05, 4.69) is 39.2 Å². The zero-order valence-corrected chi connectivity index (χ0v) is 15.4. The van der Waals surface area contributed by atoms with Gasteiger partial charge in [0.05, 0.1) is 0 Å². The minimum Gasteiger partial charge on any atom is -0.417 e. The molecule has 2 atom stereocenters. The molecule has 0 aromatic rings. The van der Waals surface area contributed by atoms with Gasteiger partial charge in [0, 0.05) is 13.2 Å². The lowest BCUT2D eigenvalue weighted by Crippen LogP contribution is -2.49. The number of nitrogens with two attached hydrogens (primary N) is 1. The highest BCUT2D eigenvalue weighted by Gasteiger charge is 2.37. The summed E-state index contributed by atoms with van der Waals surface area (Å²) in [5.41, 5.74) is 5.38. The maximum Gasteiger partial charge on any atom is 0.249 e. The smallest absolute Gasteiger partial charge is 0.249 e. The third-order valence-electron chi connectivity index (χ3n) is 4.56. The van der Waals surface area contributed by atoms with Gasteiger partial charge in [0.2, 0.25) is 11.8 Å². The molecule has 0 unspecified atom stereocenters. The van der Waals surface area contributed by atoms with Crippen molar-refractivity contribution in [3.63, 3.8) is 0 Å². The van der Waals surface area contributed by atoms with Crippen LogP contribution >= 0.6 is 0 Å². The third-order valence-corrected chi connectivity index (χ3v) is 9.10.